The molecule has 6 nitrogen and oxygen atoms in total. The van der Waals surface area contributed by atoms with Crippen molar-refractivity contribution in [2.24, 2.45) is 5.41 Å². The number of tetrazole rings is 1. The first-order valence-corrected chi connectivity index (χ1v) is 6.75. The molecule has 0 spiro atoms. The molecule has 1 amide bonds. The van der Waals surface area contributed by atoms with E-state index in [4.69, 9.17) is 0 Å². The molecule has 19 heavy (non-hydrogen) atoms. The predicted molar refractivity (Wildman–Crippen MR) is 71.2 cm³/mol. The molecule has 0 radical (unpaired) electrons. The summed E-state index contributed by atoms with van der Waals surface area (Å²) in [6, 6.07) is 0. The molecule has 1 N–H and O–H groups in total. The lowest BCUT2D eigenvalue weighted by atomic mass is 9.78. The van der Waals surface area contributed by atoms with Crippen LogP contribution in [0.1, 0.15) is 39.5 Å². The number of nitrogens with zero attached hydrogens (tertiary/aromatic N) is 4. The molecule has 1 aromatic heterocycles. The van der Waals surface area contributed by atoms with Crippen LogP contribution in [0, 0.1) is 5.41 Å². The SMILES string of the molecule is CC(C)(CNC(=O)Cn1cnnn1)C1=CCCCC1. The van der Waals surface area contributed by atoms with Crippen LogP contribution in [0.4, 0.5) is 0 Å². The van der Waals surface area contributed by atoms with Gasteiger partial charge in [-0.15, -0.1) is 5.10 Å². The molecule has 6 heteroatoms. The normalized spacial score (nSPS) is 16.0. The maximum Gasteiger partial charge on any atom is 0.241 e. The Morgan fingerprint density at radius 3 is 2.95 bits per heavy atom. The quantitative estimate of drug-likeness (QED) is 0.813. The molecule has 0 fully saturated rings. The first-order valence-electron chi connectivity index (χ1n) is 6.75. The van der Waals surface area contributed by atoms with Crippen molar-refractivity contribution in [1.29, 1.82) is 0 Å². The van der Waals surface area contributed by atoms with Crippen molar-refractivity contribution in [2.45, 2.75) is 46.1 Å². The molecular formula is C13H21N5O. The number of carbonyl (C=O) groups excluding carboxylic acids is 1. The average Bonchev–Trinajstić information content (AvgIpc) is 2.90. The highest BCUT2D eigenvalue weighted by Crippen LogP contribution is 2.33. The van der Waals surface area contributed by atoms with E-state index in [2.05, 4.69) is 40.8 Å². The molecule has 2 rings (SSSR count). The van der Waals surface area contributed by atoms with Gasteiger partial charge in [0.25, 0.3) is 0 Å². The molecule has 0 saturated heterocycles. The summed E-state index contributed by atoms with van der Waals surface area (Å²) in [7, 11) is 0. The lowest BCUT2D eigenvalue weighted by Gasteiger charge is -2.30. The molecule has 0 bridgehead atoms. The average molecular weight is 263 g/mol. The van der Waals surface area contributed by atoms with Crippen molar-refractivity contribution in [1.82, 2.24) is 25.5 Å². The van der Waals surface area contributed by atoms with E-state index < -0.39 is 0 Å². The van der Waals surface area contributed by atoms with Gasteiger partial charge in [-0.25, -0.2) is 4.68 Å². The molecule has 104 valence electrons. The van der Waals surface area contributed by atoms with Gasteiger partial charge in [0.1, 0.15) is 12.9 Å². The summed E-state index contributed by atoms with van der Waals surface area (Å²) < 4.78 is 1.42. The number of amides is 1. The fourth-order valence-corrected chi connectivity index (χ4v) is 2.34. The van der Waals surface area contributed by atoms with Gasteiger partial charge in [0.2, 0.25) is 5.91 Å². The fraction of sp³-hybridized carbons (Fsp3) is 0.692. The lowest BCUT2D eigenvalue weighted by Crippen LogP contribution is -2.37. The molecule has 0 saturated carbocycles. The van der Waals surface area contributed by atoms with Crippen molar-refractivity contribution in [2.75, 3.05) is 6.54 Å². The molecule has 1 aromatic rings. The zero-order valence-corrected chi connectivity index (χ0v) is 11.6. The van der Waals surface area contributed by atoms with E-state index in [1.165, 1.54) is 29.4 Å². The largest absolute Gasteiger partial charge is 0.354 e. The van der Waals surface area contributed by atoms with E-state index in [1.54, 1.807) is 0 Å². The lowest BCUT2D eigenvalue weighted by molar-refractivity contribution is -0.122. The van der Waals surface area contributed by atoms with Gasteiger partial charge in [-0.1, -0.05) is 25.5 Å². The van der Waals surface area contributed by atoms with Crippen molar-refractivity contribution in [3.8, 4) is 0 Å². The standard InChI is InChI=1S/C13H21N5O/c1-13(2,11-6-4-3-5-7-11)9-14-12(19)8-18-10-15-16-17-18/h6,10H,3-5,7-9H2,1-2H3,(H,14,19). The van der Waals surface area contributed by atoms with Gasteiger partial charge in [0.05, 0.1) is 0 Å². The summed E-state index contributed by atoms with van der Waals surface area (Å²) in [4.78, 5) is 11.8. The molecule has 0 unspecified atom stereocenters. The van der Waals surface area contributed by atoms with Crippen molar-refractivity contribution >= 4 is 5.91 Å². The van der Waals surface area contributed by atoms with Crippen molar-refractivity contribution in [3.63, 3.8) is 0 Å². The Morgan fingerprint density at radius 1 is 1.47 bits per heavy atom. The molecule has 0 aliphatic heterocycles. The summed E-state index contributed by atoms with van der Waals surface area (Å²) in [6.07, 6.45) is 8.62. The predicted octanol–water partition coefficient (Wildman–Crippen LogP) is 1.32. The van der Waals surface area contributed by atoms with E-state index in [9.17, 15) is 4.79 Å². The van der Waals surface area contributed by atoms with E-state index in [-0.39, 0.29) is 17.9 Å². The number of allylic oxidation sites excluding steroid dienone is 1. The van der Waals surface area contributed by atoms with Crippen LogP contribution in [-0.4, -0.2) is 32.7 Å². The number of carbonyl (C=O) groups is 1. The van der Waals surface area contributed by atoms with Crippen LogP contribution in [0.5, 0.6) is 0 Å². The van der Waals surface area contributed by atoms with Crippen molar-refractivity contribution < 1.29 is 4.79 Å². The Labute approximate surface area is 113 Å². The second-order valence-electron chi connectivity index (χ2n) is 5.64. The van der Waals surface area contributed by atoms with E-state index in [0.717, 1.165) is 12.8 Å². The third kappa shape index (κ3) is 3.87. The maximum absolute atomic E-state index is 11.8. The van der Waals surface area contributed by atoms with Crippen LogP contribution in [0.2, 0.25) is 0 Å². The molecule has 1 heterocycles. The van der Waals surface area contributed by atoms with Gasteiger partial charge >= 0.3 is 0 Å². The Morgan fingerprint density at radius 2 is 2.32 bits per heavy atom. The summed E-state index contributed by atoms with van der Waals surface area (Å²) >= 11 is 0. The third-order valence-corrected chi connectivity index (χ3v) is 3.58. The summed E-state index contributed by atoms with van der Waals surface area (Å²) in [6.45, 7) is 5.19. The third-order valence-electron chi connectivity index (χ3n) is 3.58. The molecule has 0 aromatic carbocycles. The van der Waals surface area contributed by atoms with Gasteiger partial charge in [0, 0.05) is 12.0 Å². The summed E-state index contributed by atoms with van der Waals surface area (Å²) in [5, 5.41) is 13.6. The number of hydrogen-bond acceptors (Lipinski definition) is 4. The molecule has 0 atom stereocenters. The Hall–Kier alpha value is -1.72. The number of aromatic nitrogens is 4. The Balaban J connectivity index is 1.83. The zero-order valence-electron chi connectivity index (χ0n) is 11.6. The Bertz CT molecular complexity index is 450. The summed E-state index contributed by atoms with van der Waals surface area (Å²) in [5.74, 6) is -0.0585. The highest BCUT2D eigenvalue weighted by atomic mass is 16.2. The minimum absolute atomic E-state index is 0.0245. The zero-order chi connectivity index (χ0) is 13.7. The first-order chi connectivity index (χ1) is 9.08. The van der Waals surface area contributed by atoms with Gasteiger partial charge in [-0.2, -0.15) is 0 Å². The Kier molecular flexibility index (Phi) is 4.29. The van der Waals surface area contributed by atoms with Crippen molar-refractivity contribution in [3.05, 3.63) is 18.0 Å². The van der Waals surface area contributed by atoms with Crippen LogP contribution >= 0.6 is 0 Å². The first kappa shape index (κ1) is 13.7. The highest BCUT2D eigenvalue weighted by molar-refractivity contribution is 5.75. The highest BCUT2D eigenvalue weighted by Gasteiger charge is 2.24. The van der Waals surface area contributed by atoms with Crippen LogP contribution < -0.4 is 5.32 Å². The molecule has 1 aliphatic rings. The van der Waals surface area contributed by atoms with Gasteiger partial charge in [0.15, 0.2) is 0 Å². The van der Waals surface area contributed by atoms with Gasteiger partial charge in [-0.05, 0) is 36.1 Å². The number of rotatable bonds is 5. The van der Waals surface area contributed by atoms with Crippen LogP contribution in [-0.2, 0) is 11.3 Å². The van der Waals surface area contributed by atoms with Crippen LogP contribution in [0.15, 0.2) is 18.0 Å². The minimum atomic E-state index is -0.0585. The van der Waals surface area contributed by atoms with Crippen LogP contribution in [0.3, 0.4) is 0 Å². The molecule has 1 aliphatic carbocycles. The van der Waals surface area contributed by atoms with Gasteiger partial charge < -0.3 is 5.32 Å². The van der Waals surface area contributed by atoms with Gasteiger partial charge in [-0.3, -0.25) is 4.79 Å². The summed E-state index contributed by atoms with van der Waals surface area (Å²) in [5.41, 5.74) is 1.48. The fourth-order valence-electron chi connectivity index (χ4n) is 2.34. The number of hydrogen-bond donors (Lipinski definition) is 1. The second kappa shape index (κ2) is 5.95. The molecular weight excluding hydrogens is 242 g/mol. The second-order valence-corrected chi connectivity index (χ2v) is 5.64. The van der Waals surface area contributed by atoms with E-state index in [1.807, 2.05) is 0 Å². The number of nitrogens with one attached hydrogen (secondary N) is 1. The van der Waals surface area contributed by atoms with Crippen LogP contribution in [0.25, 0.3) is 0 Å². The van der Waals surface area contributed by atoms with E-state index >= 15 is 0 Å². The minimum Gasteiger partial charge on any atom is -0.354 e. The van der Waals surface area contributed by atoms with E-state index in [0.29, 0.717) is 6.54 Å². The monoisotopic (exact) mass is 263 g/mol. The maximum atomic E-state index is 11.8. The smallest absolute Gasteiger partial charge is 0.241 e. The topological polar surface area (TPSA) is 72.7 Å².